The number of halogens is 1. The number of hydrogen-bond donors (Lipinski definition) is 1. The summed E-state index contributed by atoms with van der Waals surface area (Å²) >= 11 is 0. The molecule has 0 amide bonds. The summed E-state index contributed by atoms with van der Waals surface area (Å²) in [4.78, 5) is 20.0. The highest BCUT2D eigenvalue weighted by Gasteiger charge is 2.33. The fourth-order valence-electron chi connectivity index (χ4n) is 5.07. The molecule has 0 saturated heterocycles. The Morgan fingerprint density at radius 1 is 1.09 bits per heavy atom. The van der Waals surface area contributed by atoms with E-state index in [0.29, 0.717) is 28.4 Å². The van der Waals surface area contributed by atoms with Crippen LogP contribution in [0.3, 0.4) is 0 Å². The van der Waals surface area contributed by atoms with Crippen LogP contribution in [0.5, 0.6) is 5.75 Å². The van der Waals surface area contributed by atoms with Gasteiger partial charge in [0.05, 0.1) is 23.9 Å². The predicted octanol–water partition coefficient (Wildman–Crippen LogP) is 5.93. The lowest BCUT2D eigenvalue weighted by atomic mass is 9.89. The Labute approximate surface area is 200 Å². The second kappa shape index (κ2) is 9.34. The summed E-state index contributed by atoms with van der Waals surface area (Å²) in [6, 6.07) is 11.6. The van der Waals surface area contributed by atoms with Crippen LogP contribution in [-0.4, -0.2) is 49.0 Å². The first kappa shape index (κ1) is 22.8. The van der Waals surface area contributed by atoms with Gasteiger partial charge in [0.15, 0.2) is 5.78 Å². The summed E-state index contributed by atoms with van der Waals surface area (Å²) in [6.45, 7) is 0. The maximum atomic E-state index is 15.2. The number of rotatable bonds is 7. The largest absolute Gasteiger partial charge is 0.497 e. The molecule has 34 heavy (non-hydrogen) atoms. The lowest BCUT2D eigenvalue weighted by molar-refractivity contribution is 0.0968. The monoisotopic (exact) mass is 461 g/mol. The van der Waals surface area contributed by atoms with E-state index >= 15 is 4.39 Å². The number of aromatic nitrogens is 1. The molecule has 2 aliphatic rings. The number of ketones is 1. The highest BCUT2D eigenvalue weighted by Crippen LogP contribution is 2.39. The van der Waals surface area contributed by atoms with Gasteiger partial charge in [-0.15, -0.1) is 0 Å². The third kappa shape index (κ3) is 4.51. The minimum absolute atomic E-state index is 0.0857. The molecule has 6 heteroatoms. The summed E-state index contributed by atoms with van der Waals surface area (Å²) < 4.78 is 20.5. The van der Waals surface area contributed by atoms with Crippen molar-refractivity contribution in [1.82, 2.24) is 9.88 Å². The fraction of sp³-hybridized carbons (Fsp3) is 0.429. The first-order valence-electron chi connectivity index (χ1n) is 12.2. The van der Waals surface area contributed by atoms with E-state index in [1.54, 1.807) is 13.3 Å². The number of hydrogen-bond acceptors (Lipinski definition) is 5. The number of anilines is 1. The summed E-state index contributed by atoms with van der Waals surface area (Å²) in [6.07, 6.45) is 7.81. The van der Waals surface area contributed by atoms with Crippen molar-refractivity contribution in [3.05, 3.63) is 54.0 Å². The van der Waals surface area contributed by atoms with Crippen LogP contribution in [0.25, 0.3) is 22.0 Å². The maximum absolute atomic E-state index is 15.2. The van der Waals surface area contributed by atoms with E-state index in [0.717, 1.165) is 55.2 Å². The average Bonchev–Trinajstić information content (AvgIpc) is 3.69. The van der Waals surface area contributed by atoms with Gasteiger partial charge in [-0.3, -0.25) is 9.78 Å². The molecule has 0 bridgehead atoms. The summed E-state index contributed by atoms with van der Waals surface area (Å²) in [5.41, 5.74) is 3.20. The molecular weight excluding hydrogens is 429 g/mol. The van der Waals surface area contributed by atoms with E-state index < -0.39 is 0 Å². The molecule has 3 aromatic rings. The van der Waals surface area contributed by atoms with Gasteiger partial charge in [0.1, 0.15) is 11.6 Å². The highest BCUT2D eigenvalue weighted by molar-refractivity contribution is 6.10. The van der Waals surface area contributed by atoms with Crippen molar-refractivity contribution in [1.29, 1.82) is 0 Å². The first-order chi connectivity index (χ1) is 16.4. The average molecular weight is 462 g/mol. The molecule has 2 aromatic carbocycles. The Bertz CT molecular complexity index is 1210. The number of Topliss-reactive ketones (excluding diaryl/α,β-unsaturated/α-hetero) is 1. The minimum Gasteiger partial charge on any atom is -0.497 e. The van der Waals surface area contributed by atoms with Crippen LogP contribution in [0.2, 0.25) is 0 Å². The summed E-state index contributed by atoms with van der Waals surface area (Å²) in [5, 5.41) is 4.50. The molecule has 0 unspecified atom stereocenters. The van der Waals surface area contributed by atoms with Crippen molar-refractivity contribution in [2.75, 3.05) is 26.5 Å². The van der Waals surface area contributed by atoms with Crippen molar-refractivity contribution >= 4 is 22.4 Å². The molecule has 1 aromatic heterocycles. The van der Waals surface area contributed by atoms with Gasteiger partial charge < -0.3 is 15.0 Å². The van der Waals surface area contributed by atoms with Gasteiger partial charge in [-0.1, -0.05) is 12.1 Å². The molecule has 178 valence electrons. The number of benzene rings is 2. The molecule has 5 rings (SSSR count). The van der Waals surface area contributed by atoms with Gasteiger partial charge in [-0.25, -0.2) is 4.39 Å². The number of pyridine rings is 1. The zero-order valence-electron chi connectivity index (χ0n) is 20.1. The lowest BCUT2D eigenvalue weighted by Crippen LogP contribution is -2.36. The zero-order chi connectivity index (χ0) is 23.8. The van der Waals surface area contributed by atoms with Gasteiger partial charge in [0.25, 0.3) is 0 Å². The van der Waals surface area contributed by atoms with Crippen LogP contribution in [0.4, 0.5) is 10.1 Å². The quantitative estimate of drug-likeness (QED) is 0.442. The zero-order valence-corrected chi connectivity index (χ0v) is 20.1. The van der Waals surface area contributed by atoms with Crippen molar-refractivity contribution in [3.8, 4) is 16.9 Å². The standard InChI is InChI=1S/C28H32FN3O2/c1-32(2)20-11-9-19(10-12-20)31-27-23-14-22(18-5-4-6-21(13-18)34-3)25(29)15-26(23)30-16-24(27)28(33)17-7-8-17/h4-6,13-17,19-20H,7-12H2,1-3H3,(H,30,31). The van der Waals surface area contributed by atoms with E-state index in [1.165, 1.54) is 6.07 Å². The molecule has 1 N–H and O–H groups in total. The third-order valence-corrected chi connectivity index (χ3v) is 7.33. The molecule has 2 fully saturated rings. The maximum Gasteiger partial charge on any atom is 0.169 e. The molecule has 5 nitrogen and oxygen atoms in total. The van der Waals surface area contributed by atoms with E-state index in [9.17, 15) is 4.79 Å². The normalized spacial score (nSPS) is 20.5. The molecule has 0 atom stereocenters. The Morgan fingerprint density at radius 2 is 1.85 bits per heavy atom. The second-order valence-corrected chi connectivity index (χ2v) is 9.88. The molecule has 2 aliphatic carbocycles. The second-order valence-electron chi connectivity index (χ2n) is 9.88. The summed E-state index contributed by atoms with van der Waals surface area (Å²) in [7, 11) is 5.87. The van der Waals surface area contributed by atoms with E-state index in [1.807, 2.05) is 30.3 Å². The lowest BCUT2D eigenvalue weighted by Gasteiger charge is -2.34. The molecule has 0 radical (unpaired) electrons. The molecule has 1 heterocycles. The van der Waals surface area contributed by atoms with Crippen LogP contribution in [-0.2, 0) is 0 Å². The van der Waals surface area contributed by atoms with Crippen LogP contribution >= 0.6 is 0 Å². The van der Waals surface area contributed by atoms with Crippen molar-refractivity contribution in [2.45, 2.75) is 50.6 Å². The Kier molecular flexibility index (Phi) is 6.26. The summed E-state index contributed by atoms with van der Waals surface area (Å²) in [5.74, 6) is 0.560. The van der Waals surface area contributed by atoms with Crippen LogP contribution in [0, 0.1) is 11.7 Å². The van der Waals surface area contributed by atoms with Gasteiger partial charge in [-0.05, 0) is 76.4 Å². The Morgan fingerprint density at radius 3 is 2.53 bits per heavy atom. The van der Waals surface area contributed by atoms with Gasteiger partial charge in [0.2, 0.25) is 0 Å². The van der Waals surface area contributed by atoms with Crippen LogP contribution in [0.1, 0.15) is 48.9 Å². The molecule has 2 saturated carbocycles. The number of carbonyl (C=O) groups excluding carboxylic acids is 1. The van der Waals surface area contributed by atoms with Gasteiger partial charge in [-0.2, -0.15) is 0 Å². The molecule has 0 aliphatic heterocycles. The topological polar surface area (TPSA) is 54.5 Å². The predicted molar refractivity (Wildman–Crippen MR) is 134 cm³/mol. The van der Waals surface area contributed by atoms with Gasteiger partial charge in [0, 0.05) is 41.2 Å². The van der Waals surface area contributed by atoms with Crippen molar-refractivity contribution in [2.24, 2.45) is 5.92 Å². The number of nitrogens with one attached hydrogen (secondary N) is 1. The number of fused-ring (bicyclic) bond motifs is 1. The number of carbonyl (C=O) groups is 1. The van der Waals surface area contributed by atoms with E-state index in [-0.39, 0.29) is 23.6 Å². The third-order valence-electron chi connectivity index (χ3n) is 7.33. The van der Waals surface area contributed by atoms with E-state index in [4.69, 9.17) is 4.74 Å². The Balaban J connectivity index is 1.58. The van der Waals surface area contributed by atoms with Crippen LogP contribution in [0.15, 0.2) is 42.6 Å². The van der Waals surface area contributed by atoms with Crippen molar-refractivity contribution in [3.63, 3.8) is 0 Å². The fourth-order valence-corrected chi connectivity index (χ4v) is 5.07. The number of methoxy groups -OCH3 is 1. The SMILES string of the molecule is COc1cccc(-c2cc3c(NC4CCC(N(C)C)CC4)c(C(=O)C4CC4)cnc3cc2F)c1. The first-order valence-corrected chi connectivity index (χ1v) is 12.2. The Hall–Kier alpha value is -2.99. The molecule has 0 spiro atoms. The molecular formula is C28H32FN3O2. The highest BCUT2D eigenvalue weighted by atomic mass is 19.1. The van der Waals surface area contributed by atoms with Gasteiger partial charge >= 0.3 is 0 Å². The minimum atomic E-state index is -0.341. The number of nitrogens with zero attached hydrogens (tertiary/aromatic N) is 2. The number of ether oxygens (including phenoxy) is 1. The smallest absolute Gasteiger partial charge is 0.169 e. The van der Waals surface area contributed by atoms with Crippen molar-refractivity contribution < 1.29 is 13.9 Å². The van der Waals surface area contributed by atoms with E-state index in [2.05, 4.69) is 29.3 Å². The van der Waals surface area contributed by atoms with Crippen LogP contribution < -0.4 is 10.1 Å².